The lowest BCUT2D eigenvalue weighted by atomic mass is 10.1. The second-order valence-corrected chi connectivity index (χ2v) is 7.08. The van der Waals surface area contributed by atoms with Gasteiger partial charge < -0.3 is 19.7 Å². The van der Waals surface area contributed by atoms with Crippen LogP contribution in [0.5, 0.6) is 11.5 Å². The number of carbonyl (C=O) groups excluding carboxylic acids is 2. The van der Waals surface area contributed by atoms with Gasteiger partial charge in [0.15, 0.2) is 18.2 Å². The molecule has 2 rings (SSSR count). The first kappa shape index (κ1) is 23.2. The maximum absolute atomic E-state index is 13.8. The molecule has 0 aliphatic rings. The Labute approximate surface area is 177 Å². The van der Waals surface area contributed by atoms with Crippen molar-refractivity contribution in [3.63, 3.8) is 0 Å². The number of nitrogens with zero attached hydrogens (tertiary/aromatic N) is 1. The molecule has 6 nitrogen and oxygen atoms in total. The SMILES string of the molecule is CCC(C)NC(=O)C(C)N(Cc1ccc(OC)cc1)C(=O)COc1ccccc1F. The fourth-order valence-electron chi connectivity index (χ4n) is 2.76. The van der Waals surface area contributed by atoms with Crippen LogP contribution < -0.4 is 14.8 Å². The van der Waals surface area contributed by atoms with Crippen LogP contribution in [-0.2, 0) is 16.1 Å². The van der Waals surface area contributed by atoms with Gasteiger partial charge in [-0.05, 0) is 50.1 Å². The fraction of sp³-hybridized carbons (Fsp3) is 0.391. The van der Waals surface area contributed by atoms with Crippen LogP contribution in [0.25, 0.3) is 0 Å². The Balaban J connectivity index is 2.16. The molecule has 0 heterocycles. The average molecular weight is 416 g/mol. The predicted octanol–water partition coefficient (Wildman–Crippen LogP) is 3.55. The summed E-state index contributed by atoms with van der Waals surface area (Å²) in [5.41, 5.74) is 0.832. The molecule has 0 saturated heterocycles. The Bertz CT molecular complexity index is 841. The van der Waals surface area contributed by atoms with Gasteiger partial charge in [0.1, 0.15) is 11.8 Å². The normalized spacial score (nSPS) is 12.6. The van der Waals surface area contributed by atoms with E-state index in [1.807, 2.05) is 26.0 Å². The van der Waals surface area contributed by atoms with E-state index in [1.165, 1.54) is 17.0 Å². The summed E-state index contributed by atoms with van der Waals surface area (Å²) in [7, 11) is 1.58. The maximum Gasteiger partial charge on any atom is 0.261 e. The molecular weight excluding hydrogens is 387 g/mol. The van der Waals surface area contributed by atoms with Gasteiger partial charge in [-0.3, -0.25) is 9.59 Å². The Morgan fingerprint density at radius 1 is 1.10 bits per heavy atom. The minimum Gasteiger partial charge on any atom is -0.497 e. The average Bonchev–Trinajstić information content (AvgIpc) is 2.76. The van der Waals surface area contributed by atoms with Crippen LogP contribution in [0.4, 0.5) is 4.39 Å². The number of benzene rings is 2. The van der Waals surface area contributed by atoms with E-state index in [0.717, 1.165) is 12.0 Å². The summed E-state index contributed by atoms with van der Waals surface area (Å²) in [4.78, 5) is 27.0. The van der Waals surface area contributed by atoms with E-state index >= 15 is 0 Å². The molecule has 1 N–H and O–H groups in total. The number of halogens is 1. The number of nitrogens with one attached hydrogen (secondary N) is 1. The van der Waals surface area contributed by atoms with E-state index in [2.05, 4.69) is 5.32 Å². The van der Waals surface area contributed by atoms with Crippen LogP contribution in [0.1, 0.15) is 32.8 Å². The Morgan fingerprint density at radius 3 is 2.37 bits per heavy atom. The minimum absolute atomic E-state index is 0.00690. The molecule has 0 fully saturated rings. The van der Waals surface area contributed by atoms with Crippen molar-refractivity contribution < 1.29 is 23.5 Å². The third kappa shape index (κ3) is 6.47. The topological polar surface area (TPSA) is 67.9 Å². The molecule has 0 aromatic heterocycles. The number of hydrogen-bond donors (Lipinski definition) is 1. The third-order valence-corrected chi connectivity index (χ3v) is 4.87. The zero-order chi connectivity index (χ0) is 22.1. The quantitative estimate of drug-likeness (QED) is 0.643. The molecule has 2 unspecified atom stereocenters. The van der Waals surface area contributed by atoms with E-state index in [9.17, 15) is 14.0 Å². The van der Waals surface area contributed by atoms with Crippen molar-refractivity contribution in [1.29, 1.82) is 0 Å². The van der Waals surface area contributed by atoms with Crippen molar-refractivity contribution in [2.45, 2.75) is 45.8 Å². The van der Waals surface area contributed by atoms with Gasteiger partial charge in [0.2, 0.25) is 5.91 Å². The first-order valence-electron chi connectivity index (χ1n) is 9.95. The number of rotatable bonds is 10. The highest BCUT2D eigenvalue weighted by atomic mass is 19.1. The summed E-state index contributed by atoms with van der Waals surface area (Å²) in [5, 5.41) is 2.90. The lowest BCUT2D eigenvalue weighted by molar-refractivity contribution is -0.142. The molecule has 2 amide bonds. The molecule has 0 aliphatic heterocycles. The molecule has 7 heteroatoms. The van der Waals surface area contributed by atoms with Gasteiger partial charge >= 0.3 is 0 Å². The maximum atomic E-state index is 13.8. The smallest absolute Gasteiger partial charge is 0.261 e. The largest absolute Gasteiger partial charge is 0.497 e. The van der Waals surface area contributed by atoms with E-state index in [1.54, 1.807) is 38.3 Å². The van der Waals surface area contributed by atoms with Crippen molar-refractivity contribution in [2.24, 2.45) is 0 Å². The molecule has 162 valence electrons. The summed E-state index contributed by atoms with van der Waals surface area (Å²) in [6.45, 7) is 5.37. The second kappa shape index (κ2) is 11.2. The van der Waals surface area contributed by atoms with E-state index in [4.69, 9.17) is 9.47 Å². The fourth-order valence-corrected chi connectivity index (χ4v) is 2.76. The number of carbonyl (C=O) groups is 2. The lowest BCUT2D eigenvalue weighted by Crippen LogP contribution is -2.50. The summed E-state index contributed by atoms with van der Waals surface area (Å²) in [6.07, 6.45) is 0.779. The van der Waals surface area contributed by atoms with Gasteiger partial charge in [-0.2, -0.15) is 0 Å². The van der Waals surface area contributed by atoms with Crippen LogP contribution in [0.3, 0.4) is 0 Å². The van der Waals surface area contributed by atoms with Gasteiger partial charge in [-0.1, -0.05) is 31.2 Å². The van der Waals surface area contributed by atoms with E-state index in [0.29, 0.717) is 5.75 Å². The van der Waals surface area contributed by atoms with Crippen LogP contribution in [0.2, 0.25) is 0 Å². The van der Waals surface area contributed by atoms with E-state index < -0.39 is 17.8 Å². The predicted molar refractivity (Wildman–Crippen MR) is 113 cm³/mol. The number of para-hydroxylation sites is 1. The Hall–Kier alpha value is -3.09. The molecule has 0 radical (unpaired) electrons. The van der Waals surface area contributed by atoms with Crippen molar-refractivity contribution in [3.8, 4) is 11.5 Å². The number of hydrogen-bond acceptors (Lipinski definition) is 4. The van der Waals surface area contributed by atoms with Crippen molar-refractivity contribution in [2.75, 3.05) is 13.7 Å². The summed E-state index contributed by atoms with van der Waals surface area (Å²) < 4.78 is 24.3. The van der Waals surface area contributed by atoms with Gasteiger partial charge in [0.25, 0.3) is 5.91 Å². The molecule has 2 aromatic rings. The lowest BCUT2D eigenvalue weighted by Gasteiger charge is -2.29. The number of amides is 2. The monoisotopic (exact) mass is 416 g/mol. The molecule has 30 heavy (non-hydrogen) atoms. The Morgan fingerprint density at radius 2 is 1.77 bits per heavy atom. The van der Waals surface area contributed by atoms with Gasteiger partial charge in [0, 0.05) is 12.6 Å². The molecule has 0 spiro atoms. The van der Waals surface area contributed by atoms with Crippen LogP contribution >= 0.6 is 0 Å². The molecule has 0 bridgehead atoms. The summed E-state index contributed by atoms with van der Waals surface area (Å²) in [5.74, 6) is -0.526. The Kier molecular flexibility index (Phi) is 8.65. The number of methoxy groups -OCH3 is 1. The highest BCUT2D eigenvalue weighted by Gasteiger charge is 2.27. The van der Waals surface area contributed by atoms with Crippen molar-refractivity contribution in [1.82, 2.24) is 10.2 Å². The molecule has 2 atom stereocenters. The molecule has 2 aromatic carbocycles. The van der Waals surface area contributed by atoms with Crippen molar-refractivity contribution >= 4 is 11.8 Å². The first-order chi connectivity index (χ1) is 14.3. The summed E-state index contributed by atoms with van der Waals surface area (Å²) in [6, 6.07) is 12.4. The minimum atomic E-state index is -0.724. The number of ether oxygens (including phenoxy) is 2. The van der Waals surface area contributed by atoms with Crippen molar-refractivity contribution in [3.05, 3.63) is 59.9 Å². The zero-order valence-electron chi connectivity index (χ0n) is 17.9. The van der Waals surface area contributed by atoms with Gasteiger partial charge in [-0.15, -0.1) is 0 Å². The highest BCUT2D eigenvalue weighted by Crippen LogP contribution is 2.17. The second-order valence-electron chi connectivity index (χ2n) is 7.08. The summed E-state index contributed by atoms with van der Waals surface area (Å²) >= 11 is 0. The first-order valence-corrected chi connectivity index (χ1v) is 9.95. The molecular formula is C23H29FN2O4. The van der Waals surface area contributed by atoms with Crippen LogP contribution in [0, 0.1) is 5.82 Å². The third-order valence-electron chi connectivity index (χ3n) is 4.87. The van der Waals surface area contributed by atoms with Crippen LogP contribution in [-0.4, -0.2) is 42.5 Å². The zero-order valence-corrected chi connectivity index (χ0v) is 17.9. The van der Waals surface area contributed by atoms with Gasteiger partial charge in [-0.25, -0.2) is 4.39 Å². The van der Waals surface area contributed by atoms with Gasteiger partial charge in [0.05, 0.1) is 7.11 Å². The molecule has 0 saturated carbocycles. The van der Waals surface area contributed by atoms with Crippen LogP contribution in [0.15, 0.2) is 48.5 Å². The highest BCUT2D eigenvalue weighted by molar-refractivity contribution is 5.88. The molecule has 0 aliphatic carbocycles. The standard InChI is InChI=1S/C23H29FN2O4/c1-5-16(2)25-23(28)17(3)26(14-18-10-12-19(29-4)13-11-18)22(27)15-30-21-9-7-6-8-20(21)24/h6-13,16-17H,5,14-15H2,1-4H3,(H,25,28). The van der Waals surface area contributed by atoms with E-state index in [-0.39, 0.29) is 30.9 Å².